The number of aromatic nitrogens is 1. The molecule has 0 saturated heterocycles. The molecule has 114 valence electrons. The summed E-state index contributed by atoms with van der Waals surface area (Å²) in [5.41, 5.74) is 1.75. The Morgan fingerprint density at radius 2 is 1.95 bits per heavy atom. The predicted molar refractivity (Wildman–Crippen MR) is 89.3 cm³/mol. The fourth-order valence-electron chi connectivity index (χ4n) is 2.43. The van der Waals surface area contributed by atoms with E-state index in [0.29, 0.717) is 17.4 Å². The van der Waals surface area contributed by atoms with Gasteiger partial charge in [-0.05, 0) is 48.2 Å². The van der Waals surface area contributed by atoms with E-state index in [-0.39, 0.29) is 0 Å². The molecule has 22 heavy (non-hydrogen) atoms. The smallest absolute Gasteiger partial charge is 0.250 e. The zero-order valence-corrected chi connectivity index (χ0v) is 13.4. The van der Waals surface area contributed by atoms with E-state index in [1.54, 1.807) is 36.5 Å². The fraction of sp³-hybridized carbons (Fsp3) is 0.188. The molecule has 0 spiro atoms. The molecule has 0 bridgehead atoms. The standard InChI is InChI=1S/C16H15ClN2O2S/c17-15-7-5-13(6-8-15)9-12-22(20,21)19-11-2-4-14-3-1-10-18-16(14)19/h1,3,5-10,12H,2,4,11H2/b12-9+. The normalized spacial score (nSPS) is 15.0. The maximum atomic E-state index is 12.6. The summed E-state index contributed by atoms with van der Waals surface area (Å²) in [6.45, 7) is 0.456. The minimum Gasteiger partial charge on any atom is -0.250 e. The Bertz CT molecular complexity index is 801. The molecule has 1 aromatic carbocycles. The van der Waals surface area contributed by atoms with E-state index in [2.05, 4.69) is 4.98 Å². The lowest BCUT2D eigenvalue weighted by Crippen LogP contribution is -2.34. The van der Waals surface area contributed by atoms with E-state index in [1.165, 1.54) is 9.71 Å². The Labute approximate surface area is 135 Å². The quantitative estimate of drug-likeness (QED) is 0.863. The van der Waals surface area contributed by atoms with Crippen molar-refractivity contribution in [2.45, 2.75) is 12.8 Å². The highest BCUT2D eigenvalue weighted by atomic mass is 35.5. The molecule has 0 radical (unpaired) electrons. The van der Waals surface area contributed by atoms with Gasteiger partial charge in [0.15, 0.2) is 0 Å². The molecule has 1 aliphatic rings. The highest BCUT2D eigenvalue weighted by Gasteiger charge is 2.26. The van der Waals surface area contributed by atoms with Crippen molar-refractivity contribution < 1.29 is 8.42 Å². The topological polar surface area (TPSA) is 50.3 Å². The van der Waals surface area contributed by atoms with Gasteiger partial charge in [-0.1, -0.05) is 29.8 Å². The Morgan fingerprint density at radius 1 is 1.18 bits per heavy atom. The molecular formula is C16H15ClN2O2S. The van der Waals surface area contributed by atoms with E-state index in [1.807, 2.05) is 12.1 Å². The summed E-state index contributed by atoms with van der Waals surface area (Å²) in [6.07, 6.45) is 4.85. The van der Waals surface area contributed by atoms with Crippen LogP contribution < -0.4 is 4.31 Å². The van der Waals surface area contributed by atoms with Crippen LogP contribution in [0.15, 0.2) is 48.0 Å². The molecule has 0 unspecified atom stereocenters. The third-order valence-corrected chi connectivity index (χ3v) is 5.22. The van der Waals surface area contributed by atoms with Gasteiger partial charge in [0.2, 0.25) is 0 Å². The molecule has 0 aliphatic carbocycles. The van der Waals surface area contributed by atoms with Gasteiger partial charge < -0.3 is 0 Å². The van der Waals surface area contributed by atoms with Crippen LogP contribution in [0.25, 0.3) is 6.08 Å². The maximum absolute atomic E-state index is 12.6. The third-order valence-electron chi connectivity index (χ3n) is 3.52. The number of hydrogen-bond acceptors (Lipinski definition) is 3. The highest BCUT2D eigenvalue weighted by molar-refractivity contribution is 7.95. The molecule has 2 aromatic rings. The van der Waals surface area contributed by atoms with E-state index in [9.17, 15) is 8.42 Å². The fourth-order valence-corrected chi connectivity index (χ4v) is 3.82. The van der Waals surface area contributed by atoms with Crippen molar-refractivity contribution in [1.82, 2.24) is 4.98 Å². The van der Waals surface area contributed by atoms with Crippen LogP contribution in [-0.4, -0.2) is 19.9 Å². The summed E-state index contributed by atoms with van der Waals surface area (Å²) in [6, 6.07) is 10.8. The van der Waals surface area contributed by atoms with Crippen LogP contribution in [0.2, 0.25) is 5.02 Å². The number of anilines is 1. The van der Waals surface area contributed by atoms with Crippen molar-refractivity contribution in [1.29, 1.82) is 0 Å². The van der Waals surface area contributed by atoms with E-state index in [4.69, 9.17) is 11.6 Å². The number of aryl methyl sites for hydroxylation is 1. The lowest BCUT2D eigenvalue weighted by molar-refractivity contribution is 0.594. The first kappa shape index (κ1) is 15.1. The van der Waals surface area contributed by atoms with Crippen molar-refractivity contribution in [3.05, 3.63) is 64.2 Å². The van der Waals surface area contributed by atoms with Crippen molar-refractivity contribution in [3.8, 4) is 0 Å². The van der Waals surface area contributed by atoms with Gasteiger partial charge in [-0.2, -0.15) is 0 Å². The zero-order valence-electron chi connectivity index (χ0n) is 11.8. The van der Waals surface area contributed by atoms with Crippen molar-refractivity contribution in [3.63, 3.8) is 0 Å². The lowest BCUT2D eigenvalue weighted by atomic mass is 10.1. The van der Waals surface area contributed by atoms with Gasteiger partial charge >= 0.3 is 0 Å². The second-order valence-electron chi connectivity index (χ2n) is 5.06. The predicted octanol–water partition coefficient (Wildman–Crippen LogP) is 3.49. The summed E-state index contributed by atoms with van der Waals surface area (Å²) >= 11 is 5.82. The number of halogens is 1. The van der Waals surface area contributed by atoms with Crippen LogP contribution in [0.3, 0.4) is 0 Å². The number of benzene rings is 1. The maximum Gasteiger partial charge on any atom is 0.258 e. The second kappa shape index (κ2) is 6.10. The van der Waals surface area contributed by atoms with Crippen LogP contribution in [0.4, 0.5) is 5.82 Å². The molecule has 6 heteroatoms. The van der Waals surface area contributed by atoms with Gasteiger partial charge in [-0.3, -0.25) is 4.31 Å². The molecule has 1 aliphatic heterocycles. The molecule has 1 aromatic heterocycles. The average molecular weight is 335 g/mol. The minimum atomic E-state index is -3.55. The van der Waals surface area contributed by atoms with Gasteiger partial charge in [0, 0.05) is 17.8 Å². The summed E-state index contributed by atoms with van der Waals surface area (Å²) in [5, 5.41) is 1.84. The van der Waals surface area contributed by atoms with Gasteiger partial charge in [-0.15, -0.1) is 0 Å². The molecule has 4 nitrogen and oxygen atoms in total. The number of hydrogen-bond donors (Lipinski definition) is 0. The number of rotatable bonds is 3. The third kappa shape index (κ3) is 3.15. The Morgan fingerprint density at radius 3 is 2.73 bits per heavy atom. The Hall–Kier alpha value is -1.85. The zero-order chi connectivity index (χ0) is 15.6. The van der Waals surface area contributed by atoms with Crippen LogP contribution in [0.1, 0.15) is 17.5 Å². The summed E-state index contributed by atoms with van der Waals surface area (Å²) < 4.78 is 26.5. The molecule has 0 saturated carbocycles. The summed E-state index contributed by atoms with van der Waals surface area (Å²) in [7, 11) is -3.55. The SMILES string of the molecule is O=S(=O)(/C=C/c1ccc(Cl)cc1)N1CCCc2cccnc21. The van der Waals surface area contributed by atoms with Crippen molar-refractivity contribution >= 4 is 33.5 Å². The molecule has 0 amide bonds. The average Bonchev–Trinajstić information content (AvgIpc) is 2.54. The number of sulfonamides is 1. The van der Waals surface area contributed by atoms with Crippen LogP contribution in [0, 0.1) is 0 Å². The van der Waals surface area contributed by atoms with Crippen LogP contribution in [-0.2, 0) is 16.4 Å². The second-order valence-corrected chi connectivity index (χ2v) is 7.24. The molecule has 0 atom stereocenters. The molecular weight excluding hydrogens is 320 g/mol. The van der Waals surface area contributed by atoms with E-state index in [0.717, 1.165) is 24.0 Å². The van der Waals surface area contributed by atoms with Gasteiger partial charge in [0.25, 0.3) is 10.0 Å². The first-order chi connectivity index (χ1) is 10.6. The Kier molecular flexibility index (Phi) is 4.18. The van der Waals surface area contributed by atoms with Crippen molar-refractivity contribution in [2.75, 3.05) is 10.8 Å². The first-order valence-electron chi connectivity index (χ1n) is 6.96. The number of nitrogens with zero attached hydrogens (tertiary/aromatic N) is 2. The molecule has 3 rings (SSSR count). The van der Waals surface area contributed by atoms with Crippen LogP contribution in [0.5, 0.6) is 0 Å². The largest absolute Gasteiger partial charge is 0.258 e. The molecule has 2 heterocycles. The van der Waals surface area contributed by atoms with E-state index >= 15 is 0 Å². The van der Waals surface area contributed by atoms with Gasteiger partial charge in [0.05, 0.1) is 5.41 Å². The summed E-state index contributed by atoms with van der Waals surface area (Å²) in [4.78, 5) is 4.23. The monoisotopic (exact) mass is 334 g/mol. The molecule has 0 N–H and O–H groups in total. The minimum absolute atomic E-state index is 0.456. The number of pyridine rings is 1. The van der Waals surface area contributed by atoms with Gasteiger partial charge in [0.1, 0.15) is 5.82 Å². The number of fused-ring (bicyclic) bond motifs is 1. The lowest BCUT2D eigenvalue weighted by Gasteiger charge is -2.27. The Balaban J connectivity index is 1.89. The van der Waals surface area contributed by atoms with Crippen LogP contribution >= 0.6 is 11.6 Å². The highest BCUT2D eigenvalue weighted by Crippen LogP contribution is 2.27. The first-order valence-corrected chi connectivity index (χ1v) is 8.85. The van der Waals surface area contributed by atoms with Crippen molar-refractivity contribution in [2.24, 2.45) is 0 Å². The summed E-state index contributed by atoms with van der Waals surface area (Å²) in [5.74, 6) is 0.537. The molecule has 0 fully saturated rings. The van der Waals surface area contributed by atoms with E-state index < -0.39 is 10.0 Å². The van der Waals surface area contributed by atoms with Gasteiger partial charge in [-0.25, -0.2) is 13.4 Å².